The number of aliphatic hydroxyl groups excluding tert-OH is 1. The van der Waals surface area contributed by atoms with Crippen molar-refractivity contribution in [2.45, 2.75) is 150 Å². The van der Waals surface area contributed by atoms with E-state index in [2.05, 4.69) is 10.6 Å². The van der Waals surface area contributed by atoms with E-state index in [1.165, 1.54) is 49.9 Å². The number of carbonyl (C=O) groups is 9. The average Bonchev–Trinajstić information content (AvgIpc) is 3.38. The highest BCUT2D eigenvalue weighted by Gasteiger charge is 2.41. The summed E-state index contributed by atoms with van der Waals surface area (Å²) in [6.07, 6.45) is 0.919. The van der Waals surface area contributed by atoms with Crippen molar-refractivity contribution >= 4 is 53.1 Å². The molecule has 2 aromatic carbocycles. The molecule has 19 nitrogen and oxygen atoms in total. The van der Waals surface area contributed by atoms with Gasteiger partial charge in [-0.2, -0.15) is 0 Å². The molecular weight excluding hydrogens is 997 g/mol. The molecule has 4 N–H and O–H groups in total. The molecule has 0 saturated carbocycles. The van der Waals surface area contributed by atoms with Crippen LogP contribution in [0.5, 0.6) is 0 Å². The van der Waals surface area contributed by atoms with Gasteiger partial charge in [0.05, 0.1) is 31.2 Å². The molecule has 0 spiro atoms. The van der Waals surface area contributed by atoms with Crippen molar-refractivity contribution in [3.63, 3.8) is 0 Å². The highest BCUT2D eigenvalue weighted by Crippen LogP contribution is 2.24. The molecule has 0 aliphatic heterocycles. The number of nitrogens with one attached hydrogen (secondary N) is 2. The molecule has 9 atom stereocenters. The Balaban J connectivity index is 2.36. The maximum absolute atomic E-state index is 14.5. The number of carboxylic acids is 1. The third kappa shape index (κ3) is 19.6. The average molecular weight is 1090 g/mol. The van der Waals surface area contributed by atoms with Crippen LogP contribution >= 0.6 is 0 Å². The Labute approximate surface area is 464 Å². The molecule has 0 saturated heterocycles. The lowest BCUT2D eigenvalue weighted by Gasteiger charge is -2.37. The monoisotopic (exact) mass is 1090 g/mol. The zero-order chi connectivity index (χ0) is 59.5. The number of aliphatic hydroxyl groups is 1. The summed E-state index contributed by atoms with van der Waals surface area (Å²) in [5.41, 5.74) is 1.65. The highest BCUT2D eigenvalue weighted by atomic mass is 16.4. The van der Waals surface area contributed by atoms with Crippen LogP contribution in [0.25, 0.3) is 0 Å². The van der Waals surface area contributed by atoms with Crippen LogP contribution in [-0.4, -0.2) is 197 Å². The van der Waals surface area contributed by atoms with Gasteiger partial charge in [0.15, 0.2) is 5.78 Å². The smallest absolute Gasteiger partial charge is 0.326 e. The topological polar surface area (TPSA) is 238 Å². The number of carbonyl (C=O) groups excluding carboxylic acids is 8. The molecule has 7 amide bonds. The zero-order valence-electron chi connectivity index (χ0n) is 49.7. The summed E-state index contributed by atoms with van der Waals surface area (Å²) in [4.78, 5) is 134. The third-order valence-electron chi connectivity index (χ3n) is 14.7. The highest BCUT2D eigenvalue weighted by molar-refractivity contribution is 5.97. The summed E-state index contributed by atoms with van der Waals surface area (Å²) in [5, 5.41) is 26.5. The molecule has 436 valence electrons. The molecule has 0 heterocycles. The number of hydrogen-bond acceptors (Lipinski definition) is 11. The minimum Gasteiger partial charge on any atom is -0.480 e. The van der Waals surface area contributed by atoms with Gasteiger partial charge in [-0.05, 0) is 74.1 Å². The predicted molar refractivity (Wildman–Crippen MR) is 301 cm³/mol. The molecule has 0 aliphatic rings. The summed E-state index contributed by atoms with van der Waals surface area (Å²) in [5.74, 6) is -8.46. The van der Waals surface area contributed by atoms with Gasteiger partial charge in [-0.1, -0.05) is 136 Å². The standard InChI is InChI=1S/C59H94N8O11/c1-18-40(10)52(48(69)33-43(35-68)55(73)65(15)47(32-42-27-23-20-24-28-42)57(75)67(17)51(39(8)9)59(77)78)66(16)49(70)34-63(13)58(76)50(38(6)7)61-54(72)46(30-37(4)5)64(14)56(74)44(29-36(2)3)60-53(71)45(62(11)12)31-41-25-21-19-22-26-41/h19-28,36-40,43-47,50-52,68H,18,29-35H2,1-17H3,(H,60,71)(H,61,72)(H,77,78)/t40-,43-,44-,45-,46-,47-,50-,51-,52-/m0/s1. The van der Waals surface area contributed by atoms with Crippen molar-refractivity contribution in [3.8, 4) is 0 Å². The number of likely N-dealkylation sites (N-methyl/N-ethyl adjacent to an activating group) is 6. The summed E-state index contributed by atoms with van der Waals surface area (Å²) >= 11 is 0. The Kier molecular flexibility index (Phi) is 27.9. The van der Waals surface area contributed by atoms with Crippen molar-refractivity contribution in [2.24, 2.45) is 35.5 Å². The van der Waals surface area contributed by atoms with Crippen LogP contribution in [0, 0.1) is 35.5 Å². The Morgan fingerprint density at radius 1 is 0.538 bits per heavy atom. The zero-order valence-corrected chi connectivity index (χ0v) is 49.7. The summed E-state index contributed by atoms with van der Waals surface area (Å²) in [6, 6.07) is 11.3. The quantitative estimate of drug-likeness (QED) is 0.0806. The fourth-order valence-corrected chi connectivity index (χ4v) is 9.81. The second-order valence-corrected chi connectivity index (χ2v) is 22.9. The van der Waals surface area contributed by atoms with Crippen LogP contribution in [0.4, 0.5) is 0 Å². The molecular formula is C59H94N8O11. The van der Waals surface area contributed by atoms with Gasteiger partial charge in [-0.3, -0.25) is 43.3 Å². The van der Waals surface area contributed by atoms with Crippen molar-refractivity contribution in [1.82, 2.24) is 40.0 Å². The van der Waals surface area contributed by atoms with E-state index in [1.54, 1.807) is 83.9 Å². The molecule has 0 fully saturated rings. The van der Waals surface area contributed by atoms with Crippen LogP contribution in [0.15, 0.2) is 60.7 Å². The summed E-state index contributed by atoms with van der Waals surface area (Å²) in [7, 11) is 10.7. The van der Waals surface area contributed by atoms with Gasteiger partial charge in [-0.25, -0.2) is 4.79 Å². The molecule has 19 heteroatoms. The molecule has 78 heavy (non-hydrogen) atoms. The van der Waals surface area contributed by atoms with E-state index in [4.69, 9.17) is 0 Å². The van der Waals surface area contributed by atoms with E-state index in [0.29, 0.717) is 24.8 Å². The number of rotatable bonds is 32. The lowest BCUT2D eigenvalue weighted by Crippen LogP contribution is -2.60. The van der Waals surface area contributed by atoms with E-state index in [1.807, 2.05) is 65.0 Å². The van der Waals surface area contributed by atoms with Gasteiger partial charge in [-0.15, -0.1) is 0 Å². The lowest BCUT2D eigenvalue weighted by atomic mass is 9.88. The van der Waals surface area contributed by atoms with Gasteiger partial charge in [0.2, 0.25) is 41.4 Å². The Morgan fingerprint density at radius 3 is 1.46 bits per heavy atom. The number of nitrogens with zero attached hydrogens (tertiary/aromatic N) is 6. The van der Waals surface area contributed by atoms with Crippen molar-refractivity contribution in [2.75, 3.05) is 62.5 Å². The largest absolute Gasteiger partial charge is 0.480 e. The number of carboxylic acid groups (broad SMARTS) is 1. The molecule has 0 aliphatic carbocycles. The number of Topliss-reactive ketones (excluding diaryl/α,β-unsaturated/α-hetero) is 1. The number of ketones is 1. The Morgan fingerprint density at radius 2 is 1.03 bits per heavy atom. The van der Waals surface area contributed by atoms with Crippen molar-refractivity contribution < 1.29 is 53.4 Å². The van der Waals surface area contributed by atoms with E-state index in [0.717, 1.165) is 15.4 Å². The Bertz CT molecular complexity index is 2290. The molecule has 0 unspecified atom stereocenters. The van der Waals surface area contributed by atoms with Crippen LogP contribution in [0.3, 0.4) is 0 Å². The van der Waals surface area contributed by atoms with Crippen LogP contribution in [0.2, 0.25) is 0 Å². The first-order valence-corrected chi connectivity index (χ1v) is 27.4. The molecule has 0 bridgehead atoms. The van der Waals surface area contributed by atoms with Crippen molar-refractivity contribution in [1.29, 1.82) is 0 Å². The summed E-state index contributed by atoms with van der Waals surface area (Å²) < 4.78 is 0. The van der Waals surface area contributed by atoms with Gasteiger partial charge in [0.1, 0.15) is 30.2 Å². The van der Waals surface area contributed by atoms with E-state index in [9.17, 15) is 53.4 Å². The molecule has 0 aromatic heterocycles. The SMILES string of the molecule is CC[C@H](C)[C@@H](C(=O)C[C@@H](CO)C(=O)N(C)[C@@H](Cc1ccccc1)C(=O)N(C)[C@H](C(=O)O)C(C)C)N(C)C(=O)CN(C)C(=O)[C@@H](NC(=O)[C@H](CC(C)C)N(C)C(=O)[C@H](CC(C)C)NC(=O)[C@H](Cc1ccccc1)N(C)C)C(C)C. The van der Waals surface area contributed by atoms with E-state index >= 15 is 0 Å². The van der Waals surface area contributed by atoms with Gasteiger partial charge in [0, 0.05) is 48.1 Å². The minimum absolute atomic E-state index is 0.00563. The van der Waals surface area contributed by atoms with E-state index in [-0.39, 0.29) is 30.6 Å². The predicted octanol–water partition coefficient (Wildman–Crippen LogP) is 4.24. The van der Waals surface area contributed by atoms with Crippen LogP contribution < -0.4 is 10.6 Å². The van der Waals surface area contributed by atoms with Crippen molar-refractivity contribution in [3.05, 3.63) is 71.8 Å². The second-order valence-electron chi connectivity index (χ2n) is 22.9. The molecule has 2 aromatic rings. The first-order chi connectivity index (χ1) is 36.4. The second kappa shape index (κ2) is 32.0. The maximum atomic E-state index is 14.5. The summed E-state index contributed by atoms with van der Waals surface area (Å²) in [6.45, 7) is 16.9. The first-order valence-electron chi connectivity index (χ1n) is 27.4. The molecule has 2 rings (SSSR count). The lowest BCUT2D eigenvalue weighted by molar-refractivity contribution is -0.155. The van der Waals surface area contributed by atoms with E-state index < -0.39 is 133 Å². The normalized spacial score (nSPS) is 15.1. The number of benzene rings is 2. The molecule has 0 radical (unpaired) electrons. The fraction of sp³-hybridized carbons (Fsp3) is 0.644. The third-order valence-corrected chi connectivity index (χ3v) is 14.7. The fourth-order valence-electron chi connectivity index (χ4n) is 9.81. The van der Waals surface area contributed by atoms with Gasteiger partial charge >= 0.3 is 5.97 Å². The Hall–Kier alpha value is -6.21. The number of hydrogen-bond donors (Lipinski definition) is 4. The first kappa shape index (κ1) is 67.9. The number of amides is 7. The van der Waals surface area contributed by atoms with Gasteiger partial charge in [0.25, 0.3) is 0 Å². The number of aliphatic carboxylic acids is 1. The van der Waals surface area contributed by atoms with Gasteiger partial charge < -0.3 is 45.3 Å². The minimum atomic E-state index is -1.33. The maximum Gasteiger partial charge on any atom is 0.326 e. The van der Waals surface area contributed by atoms with Crippen LogP contribution in [0.1, 0.15) is 106 Å². The van der Waals surface area contributed by atoms with Crippen LogP contribution in [-0.2, 0) is 56.0 Å².